The highest BCUT2D eigenvalue weighted by Gasteiger charge is 2.35. The highest BCUT2D eigenvalue weighted by molar-refractivity contribution is 5.81. The van der Waals surface area contributed by atoms with Crippen LogP contribution in [0.25, 0.3) is 0 Å². The van der Waals surface area contributed by atoms with E-state index in [0.29, 0.717) is 39.2 Å². The van der Waals surface area contributed by atoms with Crippen LogP contribution in [0.5, 0.6) is 0 Å². The number of likely N-dealkylation sites (N-methyl/N-ethyl adjacent to an activating group) is 2. The summed E-state index contributed by atoms with van der Waals surface area (Å²) in [5.41, 5.74) is 0.813. The summed E-state index contributed by atoms with van der Waals surface area (Å²) in [4.78, 5) is 18.4. The molecule has 3 heterocycles. The smallest absolute Gasteiger partial charge is 0.252 e. The Morgan fingerprint density at radius 1 is 1.48 bits per heavy atom. The maximum atomic E-state index is 14.0. The summed E-state index contributed by atoms with van der Waals surface area (Å²) in [6.07, 6.45) is -0.887. The van der Waals surface area contributed by atoms with Gasteiger partial charge in [-0.2, -0.15) is 0 Å². The van der Waals surface area contributed by atoms with E-state index in [1.54, 1.807) is 11.9 Å². The van der Waals surface area contributed by atoms with Crippen LogP contribution >= 0.6 is 0 Å². The molecular weight excluding hydrogens is 327 g/mol. The minimum atomic E-state index is -0.880. The zero-order chi connectivity index (χ0) is 18.0. The third-order valence-corrected chi connectivity index (χ3v) is 4.92. The van der Waals surface area contributed by atoms with Gasteiger partial charge in [0.25, 0.3) is 5.91 Å². The summed E-state index contributed by atoms with van der Waals surface area (Å²) in [5, 5.41) is 3.88. The fourth-order valence-electron chi connectivity index (χ4n) is 3.58. The number of likely N-dealkylation sites (tertiary alicyclic amines) is 1. The highest BCUT2D eigenvalue weighted by atomic mass is 19.1. The van der Waals surface area contributed by atoms with Gasteiger partial charge in [-0.3, -0.25) is 9.69 Å². The van der Waals surface area contributed by atoms with E-state index < -0.39 is 12.3 Å². The summed E-state index contributed by atoms with van der Waals surface area (Å²) in [5.74, 6) is 0.687. The van der Waals surface area contributed by atoms with E-state index in [-0.39, 0.29) is 11.9 Å². The Hall–Kier alpha value is -1.51. The number of morpholine rings is 1. The second kappa shape index (κ2) is 7.80. The Morgan fingerprint density at radius 2 is 2.28 bits per heavy atom. The quantitative estimate of drug-likeness (QED) is 0.775. The summed E-state index contributed by atoms with van der Waals surface area (Å²) >= 11 is 0. The lowest BCUT2D eigenvalue weighted by molar-refractivity contribution is -0.148. The van der Waals surface area contributed by atoms with Gasteiger partial charge in [0.15, 0.2) is 5.76 Å². The standard InChI is InChI=1S/C17H27FN4O3/c1-12-6-15(25-19-12)10-22-8-13(18)7-14(22)9-21(3)17(23)16-11-20(2)4-5-24-16/h6,13-14,16H,4-5,7-11H2,1-3H3/t13-,14-,16+/m0/s1. The average molecular weight is 354 g/mol. The monoisotopic (exact) mass is 354 g/mol. The molecule has 0 saturated carbocycles. The van der Waals surface area contributed by atoms with Gasteiger partial charge in [-0.15, -0.1) is 0 Å². The van der Waals surface area contributed by atoms with E-state index in [2.05, 4.69) is 10.1 Å². The van der Waals surface area contributed by atoms with Gasteiger partial charge in [0, 0.05) is 45.3 Å². The van der Waals surface area contributed by atoms with Crippen molar-refractivity contribution in [2.45, 2.75) is 38.2 Å². The molecule has 3 atom stereocenters. The number of alkyl halides is 1. The Bertz CT molecular complexity index is 596. The normalized spacial score (nSPS) is 28.4. The minimum Gasteiger partial charge on any atom is -0.366 e. The maximum absolute atomic E-state index is 14.0. The van der Waals surface area contributed by atoms with E-state index in [9.17, 15) is 9.18 Å². The number of ether oxygens (including phenoxy) is 1. The molecule has 8 heteroatoms. The van der Waals surface area contributed by atoms with Gasteiger partial charge in [0.2, 0.25) is 0 Å². The predicted molar refractivity (Wildman–Crippen MR) is 89.8 cm³/mol. The fourth-order valence-corrected chi connectivity index (χ4v) is 3.58. The number of halogens is 1. The van der Waals surface area contributed by atoms with Crippen molar-refractivity contribution < 1.29 is 18.4 Å². The molecule has 7 nitrogen and oxygen atoms in total. The summed E-state index contributed by atoms with van der Waals surface area (Å²) in [6.45, 7) is 5.21. The predicted octanol–water partition coefficient (Wildman–Crippen LogP) is 0.684. The highest BCUT2D eigenvalue weighted by Crippen LogP contribution is 2.24. The third kappa shape index (κ3) is 4.56. The zero-order valence-corrected chi connectivity index (χ0v) is 15.2. The van der Waals surface area contributed by atoms with Crippen molar-refractivity contribution in [2.24, 2.45) is 0 Å². The number of nitrogens with zero attached hydrogens (tertiary/aromatic N) is 4. The Labute approximate surface area is 147 Å². The van der Waals surface area contributed by atoms with Crippen LogP contribution in [0.4, 0.5) is 4.39 Å². The van der Waals surface area contributed by atoms with Crippen LogP contribution in [0.2, 0.25) is 0 Å². The lowest BCUT2D eigenvalue weighted by Crippen LogP contribution is -2.51. The van der Waals surface area contributed by atoms with Crippen molar-refractivity contribution in [3.05, 3.63) is 17.5 Å². The largest absolute Gasteiger partial charge is 0.366 e. The van der Waals surface area contributed by atoms with E-state index in [1.807, 2.05) is 24.9 Å². The van der Waals surface area contributed by atoms with Crippen LogP contribution in [0, 0.1) is 6.92 Å². The van der Waals surface area contributed by atoms with E-state index in [1.165, 1.54) is 0 Å². The van der Waals surface area contributed by atoms with Crippen LogP contribution in [0.15, 0.2) is 10.6 Å². The number of aromatic nitrogens is 1. The summed E-state index contributed by atoms with van der Waals surface area (Å²) in [6, 6.07) is 1.83. The molecule has 0 unspecified atom stereocenters. The van der Waals surface area contributed by atoms with Crippen LogP contribution < -0.4 is 0 Å². The van der Waals surface area contributed by atoms with E-state index >= 15 is 0 Å². The molecule has 140 valence electrons. The molecule has 2 fully saturated rings. The molecule has 3 rings (SSSR count). The first-order valence-electron chi connectivity index (χ1n) is 8.78. The first kappa shape index (κ1) is 18.3. The molecule has 1 aromatic rings. The van der Waals surface area contributed by atoms with Crippen LogP contribution in [-0.4, -0.2) is 91.0 Å². The van der Waals surface area contributed by atoms with Gasteiger partial charge < -0.3 is 19.1 Å². The van der Waals surface area contributed by atoms with Gasteiger partial charge in [-0.25, -0.2) is 4.39 Å². The molecule has 0 radical (unpaired) electrons. The first-order valence-corrected chi connectivity index (χ1v) is 8.78. The first-order chi connectivity index (χ1) is 11.9. The minimum absolute atomic E-state index is 0.0318. The third-order valence-electron chi connectivity index (χ3n) is 4.92. The molecule has 0 aromatic carbocycles. The van der Waals surface area contributed by atoms with Crippen LogP contribution in [0.3, 0.4) is 0 Å². The van der Waals surface area contributed by atoms with Crippen molar-refractivity contribution in [3.8, 4) is 0 Å². The number of carbonyl (C=O) groups excluding carboxylic acids is 1. The second-order valence-electron chi connectivity index (χ2n) is 7.19. The van der Waals surface area contributed by atoms with Crippen molar-refractivity contribution in [2.75, 3.05) is 46.9 Å². The lowest BCUT2D eigenvalue weighted by atomic mass is 10.1. The number of hydrogen-bond donors (Lipinski definition) is 0. The van der Waals surface area contributed by atoms with Crippen molar-refractivity contribution >= 4 is 5.91 Å². The van der Waals surface area contributed by atoms with Gasteiger partial charge in [0.05, 0.1) is 18.8 Å². The molecule has 0 spiro atoms. The van der Waals surface area contributed by atoms with Gasteiger partial charge in [-0.1, -0.05) is 5.16 Å². The van der Waals surface area contributed by atoms with Gasteiger partial charge in [-0.05, 0) is 20.4 Å². The Morgan fingerprint density at radius 3 is 2.96 bits per heavy atom. The molecule has 1 amide bonds. The number of amides is 1. The molecule has 1 aromatic heterocycles. The van der Waals surface area contributed by atoms with Gasteiger partial charge in [0.1, 0.15) is 12.3 Å². The molecular formula is C17H27FN4O3. The molecule has 25 heavy (non-hydrogen) atoms. The molecule has 0 N–H and O–H groups in total. The van der Waals surface area contributed by atoms with Crippen molar-refractivity contribution in [3.63, 3.8) is 0 Å². The number of hydrogen-bond acceptors (Lipinski definition) is 6. The Kier molecular flexibility index (Phi) is 5.71. The molecule has 2 aliphatic heterocycles. The number of aryl methyl sites for hydroxylation is 1. The molecule has 2 saturated heterocycles. The second-order valence-corrected chi connectivity index (χ2v) is 7.19. The van der Waals surface area contributed by atoms with Crippen LogP contribution in [0.1, 0.15) is 17.9 Å². The number of rotatable bonds is 5. The topological polar surface area (TPSA) is 62.0 Å². The average Bonchev–Trinajstić information content (AvgIpc) is 3.12. The molecule has 2 aliphatic rings. The van der Waals surface area contributed by atoms with E-state index in [4.69, 9.17) is 9.26 Å². The SMILES string of the molecule is Cc1cc(CN2C[C@@H](F)C[C@H]2CN(C)C(=O)[C@H]2CN(C)CCO2)on1. The molecule has 0 bridgehead atoms. The molecule has 0 aliphatic carbocycles. The fraction of sp³-hybridized carbons (Fsp3) is 0.765. The summed E-state index contributed by atoms with van der Waals surface area (Å²) in [7, 11) is 3.75. The van der Waals surface area contributed by atoms with E-state index in [0.717, 1.165) is 18.0 Å². The maximum Gasteiger partial charge on any atom is 0.252 e. The lowest BCUT2D eigenvalue weighted by Gasteiger charge is -2.33. The van der Waals surface area contributed by atoms with Crippen LogP contribution in [-0.2, 0) is 16.1 Å². The van der Waals surface area contributed by atoms with Crippen molar-refractivity contribution in [1.82, 2.24) is 19.9 Å². The zero-order valence-electron chi connectivity index (χ0n) is 15.2. The Balaban J connectivity index is 1.58. The van der Waals surface area contributed by atoms with Crippen molar-refractivity contribution in [1.29, 1.82) is 0 Å². The summed E-state index contributed by atoms with van der Waals surface area (Å²) < 4.78 is 24.8. The number of carbonyl (C=O) groups is 1. The van der Waals surface area contributed by atoms with Gasteiger partial charge >= 0.3 is 0 Å².